The molecule has 0 bridgehead atoms. The van der Waals surface area contributed by atoms with E-state index < -0.39 is 0 Å². The molecule has 0 aromatic heterocycles. The van der Waals surface area contributed by atoms with Gasteiger partial charge in [-0.3, -0.25) is 0 Å². The molecule has 0 aliphatic carbocycles. The van der Waals surface area contributed by atoms with Gasteiger partial charge in [0.2, 0.25) is 0 Å². The van der Waals surface area contributed by atoms with Gasteiger partial charge in [0.15, 0.2) is 0 Å². The second kappa shape index (κ2) is 10.0. The number of ether oxygens (including phenoxy) is 1. The molecule has 0 amide bonds. The highest BCUT2D eigenvalue weighted by Gasteiger charge is 1.94. The first-order valence-electron chi connectivity index (χ1n) is 5.55. The fourth-order valence-electron chi connectivity index (χ4n) is 1.22. The Bertz CT molecular complexity index is 94.1. The topological polar surface area (TPSA) is 35.2 Å². The third-order valence-corrected chi connectivity index (χ3v) is 2.06. The monoisotopic (exact) mass is 187 g/mol. The first-order valence-corrected chi connectivity index (χ1v) is 5.55. The van der Waals surface area contributed by atoms with Crippen LogP contribution in [0.1, 0.15) is 46.0 Å². The zero-order valence-corrected chi connectivity index (χ0v) is 9.22. The van der Waals surface area contributed by atoms with Gasteiger partial charge in [-0.25, -0.2) is 0 Å². The Morgan fingerprint density at radius 2 is 1.69 bits per heavy atom. The van der Waals surface area contributed by atoms with Crippen LogP contribution in [-0.4, -0.2) is 19.8 Å². The molecule has 0 fully saturated rings. The number of hydrogen-bond donors (Lipinski definition) is 1. The molecule has 2 N–H and O–H groups in total. The van der Waals surface area contributed by atoms with Crippen molar-refractivity contribution in [3.63, 3.8) is 0 Å². The largest absolute Gasteiger partial charge is 0.381 e. The highest BCUT2D eigenvalue weighted by Crippen LogP contribution is 2.07. The maximum absolute atomic E-state index is 5.40. The van der Waals surface area contributed by atoms with Crippen LogP contribution in [0.5, 0.6) is 0 Å². The van der Waals surface area contributed by atoms with E-state index in [1.807, 2.05) is 0 Å². The average Bonchev–Trinajstić information content (AvgIpc) is 2.09. The molecule has 80 valence electrons. The molecule has 2 heteroatoms. The lowest BCUT2D eigenvalue weighted by Crippen LogP contribution is -2.05. The van der Waals surface area contributed by atoms with Crippen LogP contribution in [0, 0.1) is 5.92 Å². The molecule has 2 nitrogen and oxygen atoms in total. The molecule has 0 saturated heterocycles. The van der Waals surface area contributed by atoms with Crippen molar-refractivity contribution >= 4 is 0 Å². The molecule has 0 atom stereocenters. The second-order valence-corrected chi connectivity index (χ2v) is 4.00. The Morgan fingerprint density at radius 3 is 2.31 bits per heavy atom. The Labute approximate surface area is 82.8 Å². The van der Waals surface area contributed by atoms with Gasteiger partial charge in [0.25, 0.3) is 0 Å². The fourth-order valence-corrected chi connectivity index (χ4v) is 1.22. The van der Waals surface area contributed by atoms with Gasteiger partial charge >= 0.3 is 0 Å². The minimum Gasteiger partial charge on any atom is -0.381 e. The Balaban J connectivity index is 2.84. The fraction of sp³-hybridized carbons (Fsp3) is 1.00. The van der Waals surface area contributed by atoms with Crippen LogP contribution in [-0.2, 0) is 4.74 Å². The summed E-state index contributed by atoms with van der Waals surface area (Å²) >= 11 is 0. The van der Waals surface area contributed by atoms with E-state index in [0.29, 0.717) is 0 Å². The Kier molecular flexibility index (Phi) is 9.94. The summed E-state index contributed by atoms with van der Waals surface area (Å²) in [5, 5.41) is 0. The summed E-state index contributed by atoms with van der Waals surface area (Å²) in [6.07, 6.45) is 6.20. The van der Waals surface area contributed by atoms with Crippen molar-refractivity contribution in [1.29, 1.82) is 0 Å². The molecule has 13 heavy (non-hydrogen) atoms. The molecule has 0 aliphatic heterocycles. The summed E-state index contributed by atoms with van der Waals surface area (Å²) in [5.74, 6) is 0.846. The average molecular weight is 187 g/mol. The van der Waals surface area contributed by atoms with Crippen LogP contribution in [0.2, 0.25) is 0 Å². The van der Waals surface area contributed by atoms with Crippen LogP contribution < -0.4 is 5.73 Å². The second-order valence-electron chi connectivity index (χ2n) is 4.00. The van der Waals surface area contributed by atoms with E-state index in [1.54, 1.807) is 0 Å². The standard InChI is InChI=1S/C11H25NO/c1-11(2)7-4-3-5-9-13-10-6-8-12/h11H,3-10,12H2,1-2H3. The summed E-state index contributed by atoms with van der Waals surface area (Å²) in [4.78, 5) is 0. The van der Waals surface area contributed by atoms with Gasteiger partial charge < -0.3 is 10.5 Å². The lowest BCUT2D eigenvalue weighted by Gasteiger charge is -2.05. The highest BCUT2D eigenvalue weighted by molar-refractivity contribution is 4.47. The highest BCUT2D eigenvalue weighted by atomic mass is 16.5. The first kappa shape index (κ1) is 12.9. The zero-order chi connectivity index (χ0) is 9.94. The maximum atomic E-state index is 5.40. The lowest BCUT2D eigenvalue weighted by molar-refractivity contribution is 0.128. The van der Waals surface area contributed by atoms with Crippen LogP contribution in [0.4, 0.5) is 0 Å². The number of hydrogen-bond acceptors (Lipinski definition) is 2. The van der Waals surface area contributed by atoms with Crippen molar-refractivity contribution in [3.05, 3.63) is 0 Å². The van der Waals surface area contributed by atoms with Gasteiger partial charge in [0.1, 0.15) is 0 Å². The van der Waals surface area contributed by atoms with Gasteiger partial charge in [-0.2, -0.15) is 0 Å². The summed E-state index contributed by atoms with van der Waals surface area (Å²) in [6.45, 7) is 7.04. The molecule has 0 spiro atoms. The minimum atomic E-state index is 0.743. The Morgan fingerprint density at radius 1 is 1.00 bits per heavy atom. The van der Waals surface area contributed by atoms with E-state index in [1.165, 1.54) is 25.7 Å². The SMILES string of the molecule is CC(C)CCCCCOCCCN. The van der Waals surface area contributed by atoms with E-state index in [-0.39, 0.29) is 0 Å². The summed E-state index contributed by atoms with van der Waals surface area (Å²) in [5.41, 5.74) is 5.34. The van der Waals surface area contributed by atoms with E-state index in [4.69, 9.17) is 10.5 Å². The third kappa shape index (κ3) is 11.9. The van der Waals surface area contributed by atoms with Crippen molar-refractivity contribution < 1.29 is 4.74 Å². The number of unbranched alkanes of at least 4 members (excludes halogenated alkanes) is 2. The van der Waals surface area contributed by atoms with E-state index in [9.17, 15) is 0 Å². The van der Waals surface area contributed by atoms with Crippen molar-refractivity contribution in [2.75, 3.05) is 19.8 Å². The maximum Gasteiger partial charge on any atom is 0.0478 e. The van der Waals surface area contributed by atoms with Gasteiger partial charge in [0.05, 0.1) is 0 Å². The van der Waals surface area contributed by atoms with Crippen molar-refractivity contribution in [2.45, 2.75) is 46.0 Å². The molecule has 0 radical (unpaired) electrons. The molecule has 0 saturated carbocycles. The van der Waals surface area contributed by atoms with Crippen molar-refractivity contribution in [1.82, 2.24) is 0 Å². The lowest BCUT2D eigenvalue weighted by atomic mass is 10.1. The number of rotatable bonds is 9. The molecule has 0 aromatic rings. The van der Waals surface area contributed by atoms with Gasteiger partial charge in [-0.15, -0.1) is 0 Å². The van der Waals surface area contributed by atoms with Crippen molar-refractivity contribution in [3.8, 4) is 0 Å². The quantitative estimate of drug-likeness (QED) is 0.563. The van der Waals surface area contributed by atoms with Gasteiger partial charge in [-0.05, 0) is 25.3 Å². The smallest absolute Gasteiger partial charge is 0.0478 e. The minimum absolute atomic E-state index is 0.743. The van der Waals surface area contributed by atoms with E-state index in [0.717, 1.165) is 32.1 Å². The first-order chi connectivity index (χ1) is 6.27. The predicted octanol–water partition coefficient (Wildman–Crippen LogP) is 2.57. The van der Waals surface area contributed by atoms with Gasteiger partial charge in [-0.1, -0.05) is 33.1 Å². The zero-order valence-electron chi connectivity index (χ0n) is 9.22. The molecule has 0 aliphatic rings. The van der Waals surface area contributed by atoms with Crippen LogP contribution >= 0.6 is 0 Å². The predicted molar refractivity (Wildman–Crippen MR) is 57.8 cm³/mol. The molecule has 0 heterocycles. The molecular formula is C11H25NO. The summed E-state index contributed by atoms with van der Waals surface area (Å²) in [7, 11) is 0. The van der Waals surface area contributed by atoms with Crippen LogP contribution in [0.3, 0.4) is 0 Å². The summed E-state index contributed by atoms with van der Waals surface area (Å²) < 4.78 is 5.40. The molecule has 0 rings (SSSR count). The summed E-state index contributed by atoms with van der Waals surface area (Å²) in [6, 6.07) is 0. The van der Waals surface area contributed by atoms with E-state index in [2.05, 4.69) is 13.8 Å². The van der Waals surface area contributed by atoms with Gasteiger partial charge in [0, 0.05) is 13.2 Å². The third-order valence-electron chi connectivity index (χ3n) is 2.06. The number of nitrogens with two attached hydrogens (primary N) is 1. The Hall–Kier alpha value is -0.0800. The van der Waals surface area contributed by atoms with Crippen molar-refractivity contribution in [2.24, 2.45) is 11.7 Å². The normalized spacial score (nSPS) is 11.1. The van der Waals surface area contributed by atoms with Crippen LogP contribution in [0.25, 0.3) is 0 Å². The molecule has 0 unspecified atom stereocenters. The molecule has 0 aromatic carbocycles. The van der Waals surface area contributed by atoms with Crippen LogP contribution in [0.15, 0.2) is 0 Å². The molecular weight excluding hydrogens is 162 g/mol. The van der Waals surface area contributed by atoms with E-state index >= 15 is 0 Å².